The number of hydrogen-bond acceptors (Lipinski definition) is 2. The molecule has 1 aliphatic heterocycles. The summed E-state index contributed by atoms with van der Waals surface area (Å²) in [6.45, 7) is 5.34. The van der Waals surface area contributed by atoms with Crippen LogP contribution in [0.15, 0.2) is 24.3 Å². The maximum absolute atomic E-state index is 6.02. The van der Waals surface area contributed by atoms with Gasteiger partial charge < -0.3 is 5.73 Å². The summed E-state index contributed by atoms with van der Waals surface area (Å²) in [5.74, 6) is 0. The van der Waals surface area contributed by atoms with Gasteiger partial charge in [0.1, 0.15) is 0 Å². The molecule has 2 nitrogen and oxygen atoms in total. The van der Waals surface area contributed by atoms with Gasteiger partial charge in [-0.2, -0.15) is 0 Å². The van der Waals surface area contributed by atoms with Crippen molar-refractivity contribution in [2.24, 2.45) is 5.73 Å². The number of rotatable bonds is 4. The Kier molecular flexibility index (Phi) is 5.21. The third-order valence-corrected chi connectivity index (χ3v) is 4.08. The smallest absolute Gasteiger partial charge is 0.0470 e. The third-order valence-electron chi connectivity index (χ3n) is 4.08. The van der Waals surface area contributed by atoms with Crippen LogP contribution in [0.3, 0.4) is 0 Å². The van der Waals surface area contributed by atoms with Gasteiger partial charge in [-0.25, -0.2) is 0 Å². The first-order chi connectivity index (χ1) is 8.85. The van der Waals surface area contributed by atoms with Crippen LogP contribution in [0, 0.1) is 0 Å². The molecule has 0 aliphatic carbocycles. The lowest BCUT2D eigenvalue weighted by molar-refractivity contribution is 0.210. The van der Waals surface area contributed by atoms with Gasteiger partial charge in [-0.05, 0) is 43.5 Å². The minimum Gasteiger partial charge on any atom is -0.329 e. The van der Waals surface area contributed by atoms with Crippen LogP contribution in [0.4, 0.5) is 0 Å². The van der Waals surface area contributed by atoms with Crippen LogP contribution in [0.1, 0.15) is 49.8 Å². The molecule has 100 valence electrons. The van der Waals surface area contributed by atoms with E-state index in [0.717, 1.165) is 13.0 Å². The van der Waals surface area contributed by atoms with E-state index >= 15 is 0 Å². The van der Waals surface area contributed by atoms with Crippen LogP contribution >= 0.6 is 0 Å². The van der Waals surface area contributed by atoms with E-state index in [0.29, 0.717) is 6.04 Å². The SMILES string of the molecule is CCc1ccc(C(CN)N2CCCCCC2)cc1. The molecule has 1 heterocycles. The molecule has 1 atom stereocenters. The lowest BCUT2D eigenvalue weighted by Crippen LogP contribution is -2.34. The van der Waals surface area contributed by atoms with E-state index in [1.807, 2.05) is 0 Å². The van der Waals surface area contributed by atoms with Gasteiger partial charge in [0.05, 0.1) is 0 Å². The molecule has 1 saturated heterocycles. The summed E-state index contributed by atoms with van der Waals surface area (Å²) < 4.78 is 0. The number of aryl methyl sites for hydroxylation is 1. The van der Waals surface area contributed by atoms with Gasteiger partial charge in [0.2, 0.25) is 0 Å². The molecule has 1 aromatic rings. The van der Waals surface area contributed by atoms with Crippen molar-refractivity contribution in [3.8, 4) is 0 Å². The highest BCUT2D eigenvalue weighted by Gasteiger charge is 2.19. The first-order valence-corrected chi connectivity index (χ1v) is 7.38. The molecule has 0 bridgehead atoms. The zero-order valence-corrected chi connectivity index (χ0v) is 11.6. The third kappa shape index (κ3) is 3.33. The van der Waals surface area contributed by atoms with Gasteiger partial charge in [-0.1, -0.05) is 44.0 Å². The predicted molar refractivity (Wildman–Crippen MR) is 77.7 cm³/mol. The maximum atomic E-state index is 6.02. The molecule has 0 amide bonds. The van der Waals surface area contributed by atoms with Gasteiger partial charge in [-0.15, -0.1) is 0 Å². The molecule has 2 heteroatoms. The molecule has 0 radical (unpaired) electrons. The molecule has 0 saturated carbocycles. The Balaban J connectivity index is 2.10. The van der Waals surface area contributed by atoms with Gasteiger partial charge in [0.25, 0.3) is 0 Å². The molecule has 0 aromatic heterocycles. The van der Waals surface area contributed by atoms with Crippen molar-refractivity contribution in [2.75, 3.05) is 19.6 Å². The molecular formula is C16H26N2. The lowest BCUT2D eigenvalue weighted by atomic mass is 10.0. The Morgan fingerprint density at radius 1 is 1.06 bits per heavy atom. The Hall–Kier alpha value is -0.860. The monoisotopic (exact) mass is 246 g/mol. The second-order valence-corrected chi connectivity index (χ2v) is 5.30. The molecule has 1 unspecified atom stereocenters. The zero-order valence-electron chi connectivity index (χ0n) is 11.6. The van der Waals surface area contributed by atoms with Crippen LogP contribution in [-0.4, -0.2) is 24.5 Å². The van der Waals surface area contributed by atoms with Gasteiger partial charge in [-0.3, -0.25) is 4.90 Å². The molecule has 1 aromatic carbocycles. The predicted octanol–water partition coefficient (Wildman–Crippen LogP) is 3.12. The number of hydrogen-bond donors (Lipinski definition) is 1. The second kappa shape index (κ2) is 6.91. The van der Waals surface area contributed by atoms with E-state index < -0.39 is 0 Å². The summed E-state index contributed by atoms with van der Waals surface area (Å²) in [5, 5.41) is 0. The van der Waals surface area contributed by atoms with E-state index in [-0.39, 0.29) is 0 Å². The van der Waals surface area contributed by atoms with Crippen molar-refractivity contribution in [3.63, 3.8) is 0 Å². The fraction of sp³-hybridized carbons (Fsp3) is 0.625. The summed E-state index contributed by atoms with van der Waals surface area (Å²) in [6.07, 6.45) is 6.51. The standard InChI is InChI=1S/C16H26N2/c1-2-14-7-9-15(10-8-14)16(13-17)18-11-5-3-4-6-12-18/h7-10,16H,2-6,11-13,17H2,1H3. The van der Waals surface area contributed by atoms with Crippen LogP contribution < -0.4 is 5.73 Å². The normalized spacial score (nSPS) is 19.4. The average Bonchev–Trinajstić information content (AvgIpc) is 2.70. The Morgan fingerprint density at radius 3 is 2.17 bits per heavy atom. The van der Waals surface area contributed by atoms with Crippen molar-refractivity contribution < 1.29 is 0 Å². The van der Waals surface area contributed by atoms with Crippen LogP contribution in [0.5, 0.6) is 0 Å². The molecule has 1 aliphatic rings. The molecule has 18 heavy (non-hydrogen) atoms. The topological polar surface area (TPSA) is 29.3 Å². The highest BCUT2D eigenvalue weighted by molar-refractivity contribution is 5.25. The van der Waals surface area contributed by atoms with E-state index in [4.69, 9.17) is 5.73 Å². The van der Waals surface area contributed by atoms with Crippen LogP contribution in [-0.2, 0) is 6.42 Å². The zero-order chi connectivity index (χ0) is 12.8. The minimum absolute atomic E-state index is 0.411. The number of nitrogens with zero attached hydrogens (tertiary/aromatic N) is 1. The molecule has 1 fully saturated rings. The lowest BCUT2D eigenvalue weighted by Gasteiger charge is -2.30. The highest BCUT2D eigenvalue weighted by atomic mass is 15.2. The molecule has 2 rings (SSSR count). The van der Waals surface area contributed by atoms with Gasteiger partial charge in [0.15, 0.2) is 0 Å². The molecule has 2 N–H and O–H groups in total. The van der Waals surface area contributed by atoms with Gasteiger partial charge in [0, 0.05) is 12.6 Å². The first kappa shape index (κ1) is 13.6. The Morgan fingerprint density at radius 2 is 1.67 bits per heavy atom. The summed E-state index contributed by atoms with van der Waals surface area (Å²) in [6, 6.07) is 9.43. The molecule has 0 spiro atoms. The molecular weight excluding hydrogens is 220 g/mol. The minimum atomic E-state index is 0.411. The Bertz CT molecular complexity index is 337. The van der Waals surface area contributed by atoms with Crippen LogP contribution in [0.25, 0.3) is 0 Å². The van der Waals surface area contributed by atoms with E-state index in [1.54, 1.807) is 0 Å². The number of nitrogens with two attached hydrogens (primary N) is 1. The first-order valence-electron chi connectivity index (χ1n) is 7.38. The summed E-state index contributed by atoms with van der Waals surface area (Å²) in [5.41, 5.74) is 8.81. The fourth-order valence-electron chi connectivity index (χ4n) is 2.88. The largest absolute Gasteiger partial charge is 0.329 e. The highest BCUT2D eigenvalue weighted by Crippen LogP contribution is 2.23. The van der Waals surface area contributed by atoms with E-state index in [9.17, 15) is 0 Å². The maximum Gasteiger partial charge on any atom is 0.0470 e. The van der Waals surface area contributed by atoms with Crippen molar-refractivity contribution in [3.05, 3.63) is 35.4 Å². The summed E-state index contributed by atoms with van der Waals surface area (Å²) in [7, 11) is 0. The van der Waals surface area contributed by atoms with E-state index in [1.165, 1.54) is 49.9 Å². The average molecular weight is 246 g/mol. The number of likely N-dealkylation sites (tertiary alicyclic amines) is 1. The van der Waals surface area contributed by atoms with E-state index in [2.05, 4.69) is 36.1 Å². The van der Waals surface area contributed by atoms with Crippen molar-refractivity contribution >= 4 is 0 Å². The van der Waals surface area contributed by atoms with Crippen LogP contribution in [0.2, 0.25) is 0 Å². The van der Waals surface area contributed by atoms with Crippen molar-refractivity contribution in [1.29, 1.82) is 0 Å². The number of benzene rings is 1. The second-order valence-electron chi connectivity index (χ2n) is 5.30. The fourth-order valence-corrected chi connectivity index (χ4v) is 2.88. The summed E-state index contributed by atoms with van der Waals surface area (Å²) >= 11 is 0. The van der Waals surface area contributed by atoms with Gasteiger partial charge >= 0.3 is 0 Å². The summed E-state index contributed by atoms with van der Waals surface area (Å²) in [4.78, 5) is 2.58. The Labute approximate surface area is 111 Å². The quantitative estimate of drug-likeness (QED) is 0.884. The van der Waals surface area contributed by atoms with Crippen molar-refractivity contribution in [2.45, 2.75) is 45.1 Å². The van der Waals surface area contributed by atoms with Crippen molar-refractivity contribution in [1.82, 2.24) is 4.90 Å².